The molecule has 0 aromatic heterocycles. The van der Waals surface area contributed by atoms with Gasteiger partial charge in [-0.25, -0.2) is 0 Å². The lowest BCUT2D eigenvalue weighted by molar-refractivity contribution is -0.255. The van der Waals surface area contributed by atoms with E-state index in [1.54, 1.807) is 0 Å². The molecule has 174 valence electrons. The molecule has 2 saturated carbocycles. The number of epoxide rings is 1. The molecule has 5 aliphatic rings. The van der Waals surface area contributed by atoms with Crippen molar-refractivity contribution < 1.29 is 33.3 Å². The topological polar surface area (TPSA) is 83.6 Å². The summed E-state index contributed by atoms with van der Waals surface area (Å²) in [5, 5.41) is 0. The fraction of sp³-hybridized carbons (Fsp3) is 0.917. The summed E-state index contributed by atoms with van der Waals surface area (Å²) in [6, 6.07) is 0. The highest BCUT2D eigenvalue weighted by atomic mass is 16.7. The summed E-state index contributed by atoms with van der Waals surface area (Å²) < 4.78 is 30.3. The van der Waals surface area contributed by atoms with Gasteiger partial charge in [-0.2, -0.15) is 0 Å². The standard InChI is InChI=1S/C24H36O7/c1-14-10-20(30-16(3)26)24(13-28-15(2)25)18(6-5-8-23(24)12-29-23)22(14,4)19-11-17-7-9-27-21(17)31-19/h14,17-21H,5-13H2,1-4H3/t14-,17-,18-,19+,20+,21+,22+,23-,24+/m1/s1. The number of hydrogen-bond acceptors (Lipinski definition) is 7. The number of rotatable bonds is 4. The molecule has 0 bridgehead atoms. The molecule has 0 aromatic carbocycles. The predicted octanol–water partition coefficient (Wildman–Crippen LogP) is 3.23. The van der Waals surface area contributed by atoms with Crippen LogP contribution in [0.3, 0.4) is 0 Å². The molecule has 9 atom stereocenters. The molecule has 0 unspecified atom stereocenters. The van der Waals surface area contributed by atoms with Gasteiger partial charge in [0.05, 0.1) is 24.7 Å². The van der Waals surface area contributed by atoms with E-state index >= 15 is 0 Å². The second kappa shape index (κ2) is 7.42. The van der Waals surface area contributed by atoms with Crippen molar-refractivity contribution in [1.82, 2.24) is 0 Å². The van der Waals surface area contributed by atoms with Gasteiger partial charge in [-0.05, 0) is 43.9 Å². The van der Waals surface area contributed by atoms with Crippen molar-refractivity contribution >= 4 is 11.9 Å². The lowest BCUT2D eigenvalue weighted by Crippen LogP contribution is -2.69. The molecule has 1 spiro atoms. The molecule has 3 saturated heterocycles. The third-order valence-electron chi connectivity index (χ3n) is 9.48. The van der Waals surface area contributed by atoms with Gasteiger partial charge in [0.25, 0.3) is 0 Å². The molecule has 31 heavy (non-hydrogen) atoms. The molecule has 3 heterocycles. The lowest BCUT2D eigenvalue weighted by Gasteiger charge is -2.64. The Labute approximate surface area is 184 Å². The maximum Gasteiger partial charge on any atom is 0.302 e. The van der Waals surface area contributed by atoms with Crippen molar-refractivity contribution in [2.45, 2.75) is 90.3 Å². The van der Waals surface area contributed by atoms with Crippen molar-refractivity contribution in [2.24, 2.45) is 28.6 Å². The zero-order valence-corrected chi connectivity index (χ0v) is 19.2. The summed E-state index contributed by atoms with van der Waals surface area (Å²) in [6.45, 7) is 9.16. The summed E-state index contributed by atoms with van der Waals surface area (Å²) in [4.78, 5) is 24.1. The number of ether oxygens (including phenoxy) is 5. The highest BCUT2D eigenvalue weighted by molar-refractivity contribution is 5.67. The van der Waals surface area contributed by atoms with Crippen molar-refractivity contribution in [3.63, 3.8) is 0 Å². The van der Waals surface area contributed by atoms with Crippen molar-refractivity contribution in [3.8, 4) is 0 Å². The first-order valence-electron chi connectivity index (χ1n) is 11.9. The quantitative estimate of drug-likeness (QED) is 0.494. The van der Waals surface area contributed by atoms with Crippen molar-refractivity contribution in [3.05, 3.63) is 0 Å². The molecule has 0 N–H and O–H groups in total. The van der Waals surface area contributed by atoms with Crippen LogP contribution in [0, 0.1) is 28.6 Å². The van der Waals surface area contributed by atoms with Crippen LogP contribution in [0.1, 0.15) is 66.2 Å². The van der Waals surface area contributed by atoms with Gasteiger partial charge in [0, 0.05) is 25.2 Å². The predicted molar refractivity (Wildman–Crippen MR) is 110 cm³/mol. The molecule has 2 aliphatic carbocycles. The van der Waals surface area contributed by atoms with Crippen molar-refractivity contribution in [1.29, 1.82) is 0 Å². The Hall–Kier alpha value is -1.18. The minimum absolute atomic E-state index is 0.0756. The van der Waals surface area contributed by atoms with Gasteiger partial charge >= 0.3 is 11.9 Å². The first-order valence-corrected chi connectivity index (χ1v) is 11.9. The molecule has 7 heteroatoms. The molecule has 5 fully saturated rings. The normalized spacial score (nSPS) is 50.6. The zero-order valence-electron chi connectivity index (χ0n) is 19.2. The van der Waals surface area contributed by atoms with E-state index in [1.807, 2.05) is 0 Å². The molecular formula is C24H36O7. The average Bonchev–Trinajstić information content (AvgIpc) is 3.15. The van der Waals surface area contributed by atoms with Gasteiger partial charge in [-0.1, -0.05) is 20.3 Å². The maximum absolute atomic E-state index is 12.1. The molecule has 0 amide bonds. The van der Waals surface area contributed by atoms with E-state index in [4.69, 9.17) is 23.7 Å². The van der Waals surface area contributed by atoms with Crippen LogP contribution in [0.2, 0.25) is 0 Å². The minimum Gasteiger partial charge on any atom is -0.465 e. The van der Waals surface area contributed by atoms with E-state index in [1.165, 1.54) is 13.8 Å². The van der Waals surface area contributed by atoms with E-state index in [9.17, 15) is 9.59 Å². The number of esters is 2. The third kappa shape index (κ3) is 3.10. The minimum atomic E-state index is -0.550. The summed E-state index contributed by atoms with van der Waals surface area (Å²) in [5.74, 6) is 0.301. The van der Waals surface area contributed by atoms with Gasteiger partial charge in [0.2, 0.25) is 0 Å². The molecular weight excluding hydrogens is 400 g/mol. The van der Waals surface area contributed by atoms with E-state index in [0.717, 1.165) is 45.1 Å². The number of fused-ring (bicyclic) bond motifs is 3. The van der Waals surface area contributed by atoms with Gasteiger partial charge < -0.3 is 23.7 Å². The van der Waals surface area contributed by atoms with Gasteiger partial charge in [-0.3, -0.25) is 9.59 Å². The van der Waals surface area contributed by atoms with Crippen LogP contribution in [0.4, 0.5) is 0 Å². The largest absolute Gasteiger partial charge is 0.465 e. The molecule has 3 aliphatic heterocycles. The van der Waals surface area contributed by atoms with Crippen LogP contribution >= 0.6 is 0 Å². The fourth-order valence-electron chi connectivity index (χ4n) is 7.73. The zero-order chi connectivity index (χ0) is 22.0. The van der Waals surface area contributed by atoms with Crippen LogP contribution < -0.4 is 0 Å². The Kier molecular flexibility index (Phi) is 5.18. The fourth-order valence-corrected chi connectivity index (χ4v) is 7.73. The van der Waals surface area contributed by atoms with Crippen LogP contribution in [-0.2, 0) is 33.3 Å². The first-order chi connectivity index (χ1) is 14.7. The van der Waals surface area contributed by atoms with Crippen LogP contribution in [0.15, 0.2) is 0 Å². The second-order valence-corrected chi connectivity index (χ2v) is 10.8. The third-order valence-corrected chi connectivity index (χ3v) is 9.48. The summed E-state index contributed by atoms with van der Waals surface area (Å²) in [5.41, 5.74) is -1.09. The van der Waals surface area contributed by atoms with Crippen LogP contribution in [-0.4, -0.2) is 55.9 Å². The maximum atomic E-state index is 12.1. The Morgan fingerprint density at radius 3 is 2.55 bits per heavy atom. The second-order valence-electron chi connectivity index (χ2n) is 10.8. The highest BCUT2D eigenvalue weighted by Crippen LogP contribution is 2.70. The van der Waals surface area contributed by atoms with E-state index < -0.39 is 11.0 Å². The highest BCUT2D eigenvalue weighted by Gasteiger charge is 2.76. The number of carbonyl (C=O) groups is 2. The summed E-state index contributed by atoms with van der Waals surface area (Å²) in [6.07, 6.45) is 5.36. The van der Waals surface area contributed by atoms with Gasteiger partial charge in [0.1, 0.15) is 18.3 Å². The van der Waals surface area contributed by atoms with Crippen LogP contribution in [0.25, 0.3) is 0 Å². The number of carbonyl (C=O) groups excluding carboxylic acids is 2. The average molecular weight is 437 g/mol. The van der Waals surface area contributed by atoms with E-state index in [2.05, 4.69) is 13.8 Å². The Morgan fingerprint density at radius 1 is 1.13 bits per heavy atom. The molecule has 5 rings (SSSR count). The first kappa shape index (κ1) is 21.7. The van der Waals surface area contributed by atoms with E-state index in [0.29, 0.717) is 12.5 Å². The summed E-state index contributed by atoms with van der Waals surface area (Å²) >= 11 is 0. The van der Waals surface area contributed by atoms with Crippen molar-refractivity contribution in [2.75, 3.05) is 19.8 Å². The Balaban J connectivity index is 1.57. The summed E-state index contributed by atoms with van der Waals surface area (Å²) in [7, 11) is 0. The van der Waals surface area contributed by atoms with Gasteiger partial charge in [-0.15, -0.1) is 0 Å². The SMILES string of the molecule is CC(=O)OC[C@@]12[C@@H](OC(C)=O)C[C@@H](C)[C@](C)([C@@H]3C[C@H]4CCO[C@H]4O3)[C@H]1CCC[C@@]21CO1. The number of hydrogen-bond donors (Lipinski definition) is 0. The molecule has 0 radical (unpaired) electrons. The molecule has 7 nitrogen and oxygen atoms in total. The van der Waals surface area contributed by atoms with E-state index in [-0.39, 0.29) is 54.3 Å². The smallest absolute Gasteiger partial charge is 0.302 e. The van der Waals surface area contributed by atoms with Crippen LogP contribution in [0.5, 0.6) is 0 Å². The van der Waals surface area contributed by atoms with Gasteiger partial charge in [0.15, 0.2) is 6.29 Å². The molecule has 0 aromatic rings. The monoisotopic (exact) mass is 436 g/mol. The lowest BCUT2D eigenvalue weighted by atomic mass is 9.42. The Bertz CT molecular complexity index is 736. The Morgan fingerprint density at radius 2 is 1.90 bits per heavy atom.